The Morgan fingerprint density at radius 1 is 1.63 bits per heavy atom. The molecule has 6 heteroatoms. The van der Waals surface area contributed by atoms with Gasteiger partial charge in [0, 0.05) is 25.8 Å². The topological polar surface area (TPSA) is 71.7 Å². The Morgan fingerprint density at radius 3 is 3.21 bits per heavy atom. The van der Waals surface area contributed by atoms with Crippen molar-refractivity contribution in [3.05, 3.63) is 23.9 Å². The van der Waals surface area contributed by atoms with E-state index in [4.69, 9.17) is 4.74 Å². The van der Waals surface area contributed by atoms with Crippen molar-refractivity contribution in [2.75, 3.05) is 18.5 Å². The minimum atomic E-state index is -0.840. The van der Waals surface area contributed by atoms with Crippen LogP contribution in [0.3, 0.4) is 0 Å². The van der Waals surface area contributed by atoms with Crippen molar-refractivity contribution in [2.24, 2.45) is 0 Å². The van der Waals surface area contributed by atoms with E-state index in [1.54, 1.807) is 4.52 Å². The highest BCUT2D eigenvalue weighted by atomic mass is 16.5. The molecule has 19 heavy (non-hydrogen) atoms. The fourth-order valence-electron chi connectivity index (χ4n) is 2.29. The molecule has 2 atom stereocenters. The first-order valence-corrected chi connectivity index (χ1v) is 6.48. The number of ether oxygens (including phenoxy) is 1. The van der Waals surface area contributed by atoms with Crippen LogP contribution in [0.4, 0.5) is 5.95 Å². The molecule has 2 unspecified atom stereocenters. The highest BCUT2D eigenvalue weighted by molar-refractivity contribution is 5.45. The van der Waals surface area contributed by atoms with E-state index in [-0.39, 0.29) is 6.10 Å². The molecule has 0 saturated carbocycles. The molecule has 1 fully saturated rings. The average Bonchev–Trinajstić information content (AvgIpc) is 2.91. The molecule has 3 rings (SSSR count). The van der Waals surface area contributed by atoms with Crippen LogP contribution in [0.5, 0.6) is 0 Å². The zero-order chi connectivity index (χ0) is 13.5. The van der Waals surface area contributed by atoms with Gasteiger partial charge in [0.25, 0.3) is 0 Å². The smallest absolute Gasteiger partial charge is 0.243 e. The molecule has 0 aliphatic carbocycles. The van der Waals surface area contributed by atoms with Gasteiger partial charge in [-0.3, -0.25) is 0 Å². The van der Waals surface area contributed by atoms with E-state index in [1.165, 1.54) is 0 Å². The molecule has 102 valence electrons. The molecule has 6 nitrogen and oxygen atoms in total. The van der Waals surface area contributed by atoms with Gasteiger partial charge in [-0.15, -0.1) is 5.10 Å². The summed E-state index contributed by atoms with van der Waals surface area (Å²) in [5.74, 6) is 0.526. The van der Waals surface area contributed by atoms with E-state index in [0.717, 1.165) is 11.2 Å². The summed E-state index contributed by atoms with van der Waals surface area (Å²) in [6.07, 6.45) is 2.34. The lowest BCUT2D eigenvalue weighted by Crippen LogP contribution is -2.43. The first-order chi connectivity index (χ1) is 9.07. The molecule has 0 radical (unpaired) electrons. The van der Waals surface area contributed by atoms with Crippen molar-refractivity contribution in [1.82, 2.24) is 14.6 Å². The number of nitrogens with one attached hydrogen (secondary N) is 1. The van der Waals surface area contributed by atoms with Crippen molar-refractivity contribution in [3.63, 3.8) is 0 Å². The Kier molecular flexibility index (Phi) is 2.91. The first-order valence-electron chi connectivity index (χ1n) is 6.48. The third-order valence-corrected chi connectivity index (χ3v) is 3.71. The summed E-state index contributed by atoms with van der Waals surface area (Å²) >= 11 is 0. The van der Waals surface area contributed by atoms with Gasteiger partial charge in [-0.1, -0.05) is 0 Å². The van der Waals surface area contributed by atoms with Gasteiger partial charge in [-0.05, 0) is 31.5 Å². The van der Waals surface area contributed by atoms with Gasteiger partial charge in [0.05, 0.1) is 6.10 Å². The average molecular weight is 262 g/mol. The van der Waals surface area contributed by atoms with Crippen molar-refractivity contribution in [2.45, 2.75) is 32.0 Å². The summed E-state index contributed by atoms with van der Waals surface area (Å²) in [6, 6.07) is 3.94. The third kappa shape index (κ3) is 2.29. The molecule has 2 N–H and O–H groups in total. The zero-order valence-electron chi connectivity index (χ0n) is 11.1. The Morgan fingerprint density at radius 2 is 2.47 bits per heavy atom. The quantitative estimate of drug-likeness (QED) is 0.863. The second-order valence-corrected chi connectivity index (χ2v) is 5.16. The minimum absolute atomic E-state index is 0.167. The zero-order valence-corrected chi connectivity index (χ0v) is 11.1. The van der Waals surface area contributed by atoms with Crippen molar-refractivity contribution < 1.29 is 9.84 Å². The fraction of sp³-hybridized carbons (Fsp3) is 0.538. The number of fused-ring (bicyclic) bond motifs is 1. The number of anilines is 1. The number of hydrogen-bond acceptors (Lipinski definition) is 5. The van der Waals surface area contributed by atoms with Crippen LogP contribution in [0.15, 0.2) is 18.3 Å². The second-order valence-electron chi connectivity index (χ2n) is 5.16. The van der Waals surface area contributed by atoms with E-state index in [2.05, 4.69) is 15.4 Å². The third-order valence-electron chi connectivity index (χ3n) is 3.71. The molecule has 0 aromatic carbocycles. The molecule has 2 aromatic rings. The maximum Gasteiger partial charge on any atom is 0.243 e. The van der Waals surface area contributed by atoms with Crippen molar-refractivity contribution in [1.29, 1.82) is 0 Å². The lowest BCUT2D eigenvalue weighted by Gasteiger charge is -2.25. The van der Waals surface area contributed by atoms with E-state index < -0.39 is 5.60 Å². The van der Waals surface area contributed by atoms with Gasteiger partial charge in [0.1, 0.15) is 5.60 Å². The van der Waals surface area contributed by atoms with E-state index in [9.17, 15) is 5.11 Å². The Balaban J connectivity index is 1.75. The largest absolute Gasteiger partial charge is 0.385 e. The SMILES string of the molecule is Cc1ccn2nc(NCC3(O)CCOC3C)nc2c1. The standard InChI is InChI=1S/C13H18N4O2/c1-9-3-5-17-11(7-9)15-12(16-17)14-8-13(18)4-6-19-10(13)2/h3,5,7,10,18H,4,6,8H2,1-2H3,(H,14,16). The van der Waals surface area contributed by atoms with Crippen LogP contribution in [-0.2, 0) is 4.74 Å². The number of pyridine rings is 1. The summed E-state index contributed by atoms with van der Waals surface area (Å²) in [5.41, 5.74) is 1.10. The van der Waals surface area contributed by atoms with Crippen LogP contribution in [-0.4, -0.2) is 44.6 Å². The number of nitrogens with zero attached hydrogens (tertiary/aromatic N) is 3. The normalized spacial score (nSPS) is 27.0. The van der Waals surface area contributed by atoms with Gasteiger partial charge < -0.3 is 15.2 Å². The van der Waals surface area contributed by atoms with Crippen molar-refractivity contribution in [3.8, 4) is 0 Å². The van der Waals surface area contributed by atoms with E-state index in [1.807, 2.05) is 32.2 Å². The van der Waals surface area contributed by atoms with Crippen LogP contribution < -0.4 is 5.32 Å². The van der Waals surface area contributed by atoms with Crippen LogP contribution in [0.25, 0.3) is 5.65 Å². The van der Waals surface area contributed by atoms with Crippen molar-refractivity contribution >= 4 is 11.6 Å². The predicted octanol–water partition coefficient (Wildman–Crippen LogP) is 0.990. The minimum Gasteiger partial charge on any atom is -0.385 e. The lowest BCUT2D eigenvalue weighted by atomic mass is 9.97. The van der Waals surface area contributed by atoms with Crippen LogP contribution in [0, 0.1) is 6.92 Å². The Hall–Kier alpha value is -1.66. The molecule has 0 bridgehead atoms. The van der Waals surface area contributed by atoms with Crippen LogP contribution in [0.1, 0.15) is 18.9 Å². The van der Waals surface area contributed by atoms with E-state index in [0.29, 0.717) is 25.5 Å². The summed E-state index contributed by atoms with van der Waals surface area (Å²) in [5, 5.41) is 17.8. The highest BCUT2D eigenvalue weighted by Gasteiger charge is 2.39. The van der Waals surface area contributed by atoms with Crippen LogP contribution in [0.2, 0.25) is 0 Å². The van der Waals surface area contributed by atoms with Gasteiger partial charge in [-0.25, -0.2) is 4.52 Å². The summed E-state index contributed by atoms with van der Waals surface area (Å²) in [7, 11) is 0. The number of aromatic nitrogens is 3. The Labute approximate surface area is 111 Å². The summed E-state index contributed by atoms with van der Waals surface area (Å²) in [6.45, 7) is 4.89. The molecule has 1 saturated heterocycles. The second kappa shape index (κ2) is 4.47. The maximum absolute atomic E-state index is 10.4. The monoisotopic (exact) mass is 262 g/mol. The molecule has 1 aliphatic rings. The van der Waals surface area contributed by atoms with Gasteiger partial charge >= 0.3 is 0 Å². The number of rotatable bonds is 3. The molecule has 2 aromatic heterocycles. The Bertz CT molecular complexity index is 597. The maximum atomic E-state index is 10.4. The van der Waals surface area contributed by atoms with Gasteiger partial charge in [0.15, 0.2) is 5.65 Å². The highest BCUT2D eigenvalue weighted by Crippen LogP contribution is 2.25. The fourth-order valence-corrected chi connectivity index (χ4v) is 2.29. The molecular formula is C13H18N4O2. The van der Waals surface area contributed by atoms with Gasteiger partial charge in [0.2, 0.25) is 5.95 Å². The molecule has 0 spiro atoms. The summed E-state index contributed by atoms with van der Waals surface area (Å²) in [4.78, 5) is 4.38. The number of aryl methyl sites for hydroxylation is 1. The van der Waals surface area contributed by atoms with Crippen LogP contribution >= 0.6 is 0 Å². The first kappa shape index (κ1) is 12.4. The predicted molar refractivity (Wildman–Crippen MR) is 71.2 cm³/mol. The lowest BCUT2D eigenvalue weighted by molar-refractivity contribution is -0.0176. The number of hydrogen-bond donors (Lipinski definition) is 2. The van der Waals surface area contributed by atoms with E-state index >= 15 is 0 Å². The number of aliphatic hydroxyl groups is 1. The molecule has 1 aliphatic heterocycles. The summed E-state index contributed by atoms with van der Waals surface area (Å²) < 4.78 is 7.11. The molecular weight excluding hydrogens is 244 g/mol. The molecule has 3 heterocycles. The van der Waals surface area contributed by atoms with Gasteiger partial charge in [-0.2, -0.15) is 4.98 Å². The molecule has 0 amide bonds.